The van der Waals surface area contributed by atoms with Gasteiger partial charge in [-0.3, -0.25) is 19.9 Å². The predicted molar refractivity (Wildman–Crippen MR) is 179 cm³/mol. The fourth-order valence-electron chi connectivity index (χ4n) is 4.94. The number of nitro benzene ring substituents is 1. The Morgan fingerprint density at radius 1 is 0.745 bits per heavy atom. The highest BCUT2D eigenvalue weighted by Crippen LogP contribution is 2.20. The topological polar surface area (TPSA) is 135 Å². The molecule has 0 spiro atoms. The number of nitrogens with zero attached hydrogens (tertiary/aromatic N) is 5. The van der Waals surface area contributed by atoms with E-state index in [4.69, 9.17) is 15.2 Å². The molecule has 0 aromatic heterocycles. The Morgan fingerprint density at radius 2 is 1.13 bits per heavy atom. The van der Waals surface area contributed by atoms with E-state index < -0.39 is 21.9 Å². The third-order valence-electron chi connectivity index (χ3n) is 6.99. The average molecular weight is 668 g/mol. The summed E-state index contributed by atoms with van der Waals surface area (Å²) in [7, 11) is 0. The predicted octanol–water partition coefficient (Wildman–Crippen LogP) is 6.13. The highest BCUT2D eigenvalue weighted by atomic mass is 19.1. The monoisotopic (exact) mass is 667 g/mol. The number of carbonyl (C=O) groups is 2. The van der Waals surface area contributed by atoms with Gasteiger partial charge in [-0.25, -0.2) is 18.4 Å². The molecule has 2 aromatic carbocycles. The van der Waals surface area contributed by atoms with Crippen molar-refractivity contribution in [3.05, 3.63) is 69.3 Å². The van der Waals surface area contributed by atoms with Gasteiger partial charge in [0.05, 0.1) is 11.0 Å². The molecule has 264 valence electrons. The normalized spacial score (nSPS) is 16.0. The number of rotatable bonds is 5. The molecular formula is C33H52F2N6O6. The number of halogens is 2. The number of anilines is 1. The van der Waals surface area contributed by atoms with E-state index in [2.05, 4.69) is 4.90 Å². The molecule has 2 heterocycles. The van der Waals surface area contributed by atoms with Gasteiger partial charge in [0.1, 0.15) is 22.8 Å². The number of nitrogen functional groups attached to an aromatic ring is 1. The van der Waals surface area contributed by atoms with Crippen LogP contribution in [-0.4, -0.2) is 100 Å². The van der Waals surface area contributed by atoms with Crippen LogP contribution >= 0.6 is 0 Å². The molecule has 2 fully saturated rings. The molecule has 2 aliphatic rings. The number of amides is 2. The number of carbonyl (C=O) groups excluding carboxylic acids is 2. The molecule has 2 aliphatic heterocycles. The molecule has 4 rings (SSSR count). The molecule has 0 bridgehead atoms. The Kier molecular flexibility index (Phi) is 13.9. The van der Waals surface area contributed by atoms with Gasteiger partial charge in [-0.1, -0.05) is 7.43 Å². The van der Waals surface area contributed by atoms with E-state index in [0.717, 1.165) is 24.7 Å². The lowest BCUT2D eigenvalue weighted by Gasteiger charge is -2.35. The fourth-order valence-corrected chi connectivity index (χ4v) is 4.94. The minimum Gasteiger partial charge on any atom is -0.444 e. The van der Waals surface area contributed by atoms with Gasteiger partial charge in [0.25, 0.3) is 5.69 Å². The molecule has 14 heteroatoms. The highest BCUT2D eigenvalue weighted by Gasteiger charge is 2.27. The van der Waals surface area contributed by atoms with Gasteiger partial charge in [-0.2, -0.15) is 0 Å². The highest BCUT2D eigenvalue weighted by molar-refractivity contribution is 5.68. The molecule has 2 N–H and O–H groups in total. The van der Waals surface area contributed by atoms with Crippen molar-refractivity contribution in [2.45, 2.75) is 73.3 Å². The summed E-state index contributed by atoms with van der Waals surface area (Å²) in [4.78, 5) is 41.7. The summed E-state index contributed by atoms with van der Waals surface area (Å²) in [5.74, 6) is -0.936. The molecule has 0 saturated carbocycles. The smallest absolute Gasteiger partial charge is 0.410 e. The maximum atomic E-state index is 13.5. The van der Waals surface area contributed by atoms with Gasteiger partial charge in [0.15, 0.2) is 0 Å². The van der Waals surface area contributed by atoms with Crippen LogP contribution in [0.15, 0.2) is 36.4 Å². The maximum absolute atomic E-state index is 13.5. The second kappa shape index (κ2) is 16.7. The van der Waals surface area contributed by atoms with Crippen LogP contribution in [0.1, 0.15) is 61.5 Å². The van der Waals surface area contributed by atoms with Crippen molar-refractivity contribution >= 4 is 23.6 Å². The van der Waals surface area contributed by atoms with Crippen LogP contribution in [0.4, 0.5) is 29.7 Å². The third-order valence-corrected chi connectivity index (χ3v) is 6.99. The lowest BCUT2D eigenvalue weighted by atomic mass is 10.1. The molecule has 2 saturated heterocycles. The zero-order chi connectivity index (χ0) is 34.2. The Labute approximate surface area is 278 Å². The van der Waals surface area contributed by atoms with E-state index in [1.54, 1.807) is 15.9 Å². The van der Waals surface area contributed by atoms with Gasteiger partial charge in [-0.15, -0.1) is 0 Å². The van der Waals surface area contributed by atoms with Crippen molar-refractivity contribution in [1.82, 2.24) is 19.6 Å². The van der Waals surface area contributed by atoms with Crippen LogP contribution in [0, 0.1) is 21.7 Å². The van der Waals surface area contributed by atoms with E-state index in [0.29, 0.717) is 63.6 Å². The Bertz CT molecular complexity index is 1350. The SMILES string of the molecule is C.CC(C)(C)OC(=O)N1CCN(Cc2cc(F)cc([N+](=O)[O-])c2)CC1.CC(C)(C)OC(=O)N1CCN(Cc2cc(N)cc(F)c2)CC1.[2HH]. The quantitative estimate of drug-likeness (QED) is 0.227. The van der Waals surface area contributed by atoms with Crippen molar-refractivity contribution < 1.29 is 34.2 Å². The first-order valence-electron chi connectivity index (χ1n) is 15.3. The second-order valence-electron chi connectivity index (χ2n) is 13.5. The fraction of sp³-hybridized carbons (Fsp3) is 0.576. The maximum Gasteiger partial charge on any atom is 0.410 e. The van der Waals surface area contributed by atoms with Crippen LogP contribution < -0.4 is 5.73 Å². The van der Waals surface area contributed by atoms with Crippen molar-refractivity contribution in [2.24, 2.45) is 0 Å². The molecule has 0 aliphatic carbocycles. The first-order valence-corrected chi connectivity index (χ1v) is 15.3. The largest absolute Gasteiger partial charge is 0.444 e. The van der Waals surface area contributed by atoms with E-state index in [9.17, 15) is 28.5 Å². The summed E-state index contributed by atoms with van der Waals surface area (Å²) in [5.41, 5.74) is 6.22. The van der Waals surface area contributed by atoms with Crippen molar-refractivity contribution in [3.63, 3.8) is 0 Å². The first kappa shape index (κ1) is 39.1. The summed E-state index contributed by atoms with van der Waals surface area (Å²) >= 11 is 0. The lowest BCUT2D eigenvalue weighted by molar-refractivity contribution is -0.385. The van der Waals surface area contributed by atoms with Gasteiger partial charge < -0.3 is 25.0 Å². The van der Waals surface area contributed by atoms with Gasteiger partial charge in [0.2, 0.25) is 0 Å². The van der Waals surface area contributed by atoms with Crippen LogP contribution in [0.3, 0.4) is 0 Å². The Balaban J connectivity index is 0.000000462. The molecule has 0 unspecified atom stereocenters. The average Bonchev–Trinajstić information content (AvgIpc) is 2.91. The Hall–Kier alpha value is -4.04. The molecule has 47 heavy (non-hydrogen) atoms. The van der Waals surface area contributed by atoms with Gasteiger partial charge in [-0.05, 0) is 76.9 Å². The van der Waals surface area contributed by atoms with Crippen LogP contribution in [-0.2, 0) is 22.6 Å². The lowest BCUT2D eigenvalue weighted by Crippen LogP contribution is -2.49. The van der Waals surface area contributed by atoms with E-state index in [1.165, 1.54) is 24.3 Å². The molecule has 0 atom stereocenters. The zero-order valence-electron chi connectivity index (χ0n) is 27.6. The molecule has 0 radical (unpaired) electrons. The minimum absolute atomic E-state index is 0. The number of hydrogen-bond donors (Lipinski definition) is 1. The summed E-state index contributed by atoms with van der Waals surface area (Å²) in [6.07, 6.45) is -0.620. The molecule has 2 aromatic rings. The van der Waals surface area contributed by atoms with E-state index in [-0.39, 0.29) is 32.5 Å². The summed E-state index contributed by atoms with van der Waals surface area (Å²) < 4.78 is 37.5. The number of nitro groups is 1. The van der Waals surface area contributed by atoms with Crippen LogP contribution in [0.5, 0.6) is 0 Å². The van der Waals surface area contributed by atoms with Gasteiger partial charge >= 0.3 is 12.2 Å². The van der Waals surface area contributed by atoms with Crippen molar-refractivity contribution in [3.8, 4) is 0 Å². The first-order chi connectivity index (χ1) is 21.4. The molecule has 2 amide bonds. The number of hydrogen-bond acceptors (Lipinski definition) is 9. The standard InChI is InChI=1S/C16H22FN3O4.C16H24FN3O2.CH4.H2/c1-16(2,3)24-15(21)19-6-4-18(5-7-19)11-12-8-13(17)10-14(9-12)20(22)23;1-16(2,3)22-15(21)20-6-4-19(5-7-20)11-12-8-13(17)10-14(18)9-12;;/h8-10H,4-7,11H2,1-3H3;8-10H,4-7,11,18H2,1-3H3;1H4;1H/i;;;1+1. The second-order valence-corrected chi connectivity index (χ2v) is 13.5. The zero-order valence-corrected chi connectivity index (χ0v) is 27.6. The summed E-state index contributed by atoms with van der Waals surface area (Å²) in [6.45, 7) is 17.0. The minimum atomic E-state index is -0.619. The van der Waals surface area contributed by atoms with E-state index >= 15 is 0 Å². The molecule has 12 nitrogen and oxygen atoms in total. The number of ether oxygens (including phenoxy) is 2. The number of non-ortho nitro benzene ring substituents is 1. The number of benzene rings is 2. The van der Waals surface area contributed by atoms with Crippen LogP contribution in [0.2, 0.25) is 0 Å². The van der Waals surface area contributed by atoms with Gasteiger partial charge in [0, 0.05) is 78.6 Å². The van der Waals surface area contributed by atoms with Crippen LogP contribution in [0.25, 0.3) is 0 Å². The number of piperazine rings is 2. The summed E-state index contributed by atoms with van der Waals surface area (Å²) in [5, 5.41) is 10.8. The van der Waals surface area contributed by atoms with Crippen molar-refractivity contribution in [1.29, 1.82) is 0 Å². The van der Waals surface area contributed by atoms with E-state index in [1.807, 2.05) is 46.4 Å². The Morgan fingerprint density at radius 3 is 1.49 bits per heavy atom. The third kappa shape index (κ3) is 13.7. The summed E-state index contributed by atoms with van der Waals surface area (Å²) in [6, 6.07) is 8.17. The molecular weight excluding hydrogens is 614 g/mol. The van der Waals surface area contributed by atoms with Crippen molar-refractivity contribution in [2.75, 3.05) is 58.1 Å². The number of nitrogens with two attached hydrogens (primary N) is 1.